The van der Waals surface area contributed by atoms with E-state index >= 15 is 0 Å². The topological polar surface area (TPSA) is 96.9 Å². The molecule has 0 unspecified atom stereocenters. The van der Waals surface area contributed by atoms with Crippen molar-refractivity contribution in [1.29, 1.82) is 0 Å². The van der Waals surface area contributed by atoms with Gasteiger partial charge in [-0.25, -0.2) is 9.97 Å². The maximum absolute atomic E-state index is 12.7. The van der Waals surface area contributed by atoms with Crippen LogP contribution in [-0.4, -0.2) is 68.3 Å². The number of esters is 1. The molecule has 0 atom stereocenters. The second kappa shape index (κ2) is 10.0. The monoisotopic (exact) mass is 469 g/mol. The summed E-state index contributed by atoms with van der Waals surface area (Å²) in [4.78, 5) is 39.1. The van der Waals surface area contributed by atoms with Crippen LogP contribution in [0.2, 0.25) is 0 Å². The van der Waals surface area contributed by atoms with Gasteiger partial charge in [-0.05, 0) is 43.7 Å². The van der Waals surface area contributed by atoms with E-state index < -0.39 is 5.97 Å². The van der Waals surface area contributed by atoms with Crippen LogP contribution >= 0.6 is 11.3 Å². The number of carbonyl (C=O) groups excluding carboxylic acids is 2. The van der Waals surface area contributed by atoms with Crippen LogP contribution in [0.5, 0.6) is 5.75 Å². The lowest BCUT2D eigenvalue weighted by molar-refractivity contribution is -0.141. The lowest BCUT2D eigenvalue weighted by Crippen LogP contribution is -2.46. The van der Waals surface area contributed by atoms with Crippen molar-refractivity contribution < 1.29 is 19.1 Å². The minimum absolute atomic E-state index is 0.161. The summed E-state index contributed by atoms with van der Waals surface area (Å²) in [6.45, 7) is 7.07. The van der Waals surface area contributed by atoms with Crippen LogP contribution in [0.1, 0.15) is 22.2 Å². The number of amides is 1. The third-order valence-corrected chi connectivity index (χ3v) is 6.83. The average Bonchev–Trinajstić information content (AvgIpc) is 3.19. The number of hydrogen-bond donors (Lipinski definition) is 1. The highest BCUT2D eigenvalue weighted by molar-refractivity contribution is 7.20. The van der Waals surface area contributed by atoms with E-state index in [1.807, 2.05) is 19.1 Å². The van der Waals surface area contributed by atoms with Gasteiger partial charge in [-0.15, -0.1) is 11.3 Å². The third kappa shape index (κ3) is 4.85. The quantitative estimate of drug-likeness (QED) is 0.528. The summed E-state index contributed by atoms with van der Waals surface area (Å²) in [5.41, 5.74) is 1.99. The van der Waals surface area contributed by atoms with Gasteiger partial charge < -0.3 is 24.6 Å². The van der Waals surface area contributed by atoms with E-state index in [9.17, 15) is 9.59 Å². The zero-order valence-corrected chi connectivity index (χ0v) is 19.8. The minimum Gasteiger partial charge on any atom is -0.497 e. The van der Waals surface area contributed by atoms with Crippen LogP contribution in [0.3, 0.4) is 0 Å². The third-order valence-electron chi connectivity index (χ3n) is 5.63. The number of thiophene rings is 1. The van der Waals surface area contributed by atoms with Gasteiger partial charge in [0.15, 0.2) is 0 Å². The summed E-state index contributed by atoms with van der Waals surface area (Å²) >= 11 is 1.31. The molecule has 1 saturated heterocycles. The predicted molar refractivity (Wildman–Crippen MR) is 129 cm³/mol. The Morgan fingerprint density at radius 2 is 1.79 bits per heavy atom. The molecule has 1 aliphatic rings. The molecule has 1 fully saturated rings. The first-order valence-electron chi connectivity index (χ1n) is 10.8. The second-order valence-corrected chi connectivity index (χ2v) is 8.59. The molecule has 4 rings (SSSR count). The van der Waals surface area contributed by atoms with Crippen molar-refractivity contribution in [3.63, 3.8) is 0 Å². The first kappa shape index (κ1) is 22.8. The van der Waals surface area contributed by atoms with Crippen LogP contribution in [0, 0.1) is 6.92 Å². The molecule has 1 aromatic carbocycles. The second-order valence-electron chi connectivity index (χ2n) is 7.59. The summed E-state index contributed by atoms with van der Waals surface area (Å²) in [6, 6.07) is 8.08. The fourth-order valence-corrected chi connectivity index (χ4v) is 4.98. The number of carbonyl (C=O) groups is 2. The number of aryl methyl sites for hydroxylation is 1. The number of aromatic nitrogens is 2. The summed E-state index contributed by atoms with van der Waals surface area (Å²) in [5, 5.41) is 3.53. The Balaban J connectivity index is 1.49. The smallest absolute Gasteiger partial charge is 0.325 e. The molecule has 0 bridgehead atoms. The SMILES string of the molecule is CCOC(=O)CNC(=O)c1sc2ncnc(N3CCN(c4ccc(OC)cc4)CC3)c2c1C. The fraction of sp³-hybridized carbons (Fsp3) is 0.391. The van der Waals surface area contributed by atoms with Crippen molar-refractivity contribution in [2.24, 2.45) is 0 Å². The highest BCUT2D eigenvalue weighted by atomic mass is 32.1. The molecule has 3 aromatic rings. The molecular formula is C23H27N5O4S. The van der Waals surface area contributed by atoms with E-state index in [2.05, 4.69) is 37.2 Å². The molecule has 174 valence electrons. The number of nitrogens with zero attached hydrogens (tertiary/aromatic N) is 4. The molecule has 0 spiro atoms. The van der Waals surface area contributed by atoms with Crippen molar-refractivity contribution in [3.05, 3.63) is 41.0 Å². The molecule has 1 aliphatic heterocycles. The van der Waals surface area contributed by atoms with Crippen molar-refractivity contribution >= 4 is 44.9 Å². The number of nitrogens with one attached hydrogen (secondary N) is 1. The zero-order valence-electron chi connectivity index (χ0n) is 19.0. The van der Waals surface area contributed by atoms with E-state index in [-0.39, 0.29) is 19.1 Å². The van der Waals surface area contributed by atoms with Gasteiger partial charge in [0, 0.05) is 31.9 Å². The predicted octanol–water partition coefficient (Wildman–Crippen LogP) is 2.63. The van der Waals surface area contributed by atoms with Gasteiger partial charge in [0.25, 0.3) is 5.91 Å². The molecule has 3 heterocycles. The summed E-state index contributed by atoms with van der Waals surface area (Å²) in [6.07, 6.45) is 1.55. The van der Waals surface area contributed by atoms with E-state index in [0.29, 0.717) is 4.88 Å². The largest absolute Gasteiger partial charge is 0.497 e. The Labute approximate surface area is 196 Å². The van der Waals surface area contributed by atoms with E-state index in [4.69, 9.17) is 9.47 Å². The Bertz CT molecular complexity index is 1140. The number of benzene rings is 1. The number of hydrogen-bond acceptors (Lipinski definition) is 9. The van der Waals surface area contributed by atoms with Gasteiger partial charge in [0.1, 0.15) is 29.3 Å². The van der Waals surface area contributed by atoms with Gasteiger partial charge in [-0.2, -0.15) is 0 Å². The highest BCUT2D eigenvalue weighted by Gasteiger charge is 2.25. The van der Waals surface area contributed by atoms with Crippen LogP contribution in [0.15, 0.2) is 30.6 Å². The molecule has 0 radical (unpaired) electrons. The molecular weight excluding hydrogens is 442 g/mol. The first-order chi connectivity index (χ1) is 16.0. The van der Waals surface area contributed by atoms with Crippen molar-refractivity contribution in [2.45, 2.75) is 13.8 Å². The molecule has 33 heavy (non-hydrogen) atoms. The molecule has 0 saturated carbocycles. The number of anilines is 2. The Kier molecular flexibility index (Phi) is 6.93. The van der Waals surface area contributed by atoms with Gasteiger partial charge in [-0.3, -0.25) is 9.59 Å². The van der Waals surface area contributed by atoms with Crippen molar-refractivity contribution in [3.8, 4) is 5.75 Å². The molecule has 1 N–H and O–H groups in total. The average molecular weight is 470 g/mol. The van der Waals surface area contributed by atoms with Crippen LogP contribution in [0.25, 0.3) is 10.2 Å². The fourth-order valence-electron chi connectivity index (χ4n) is 3.92. The van der Waals surface area contributed by atoms with Gasteiger partial charge in [0.05, 0.1) is 24.0 Å². The number of rotatable bonds is 7. The zero-order chi connectivity index (χ0) is 23.4. The van der Waals surface area contributed by atoms with Crippen molar-refractivity contribution in [1.82, 2.24) is 15.3 Å². The van der Waals surface area contributed by atoms with E-state index in [1.54, 1.807) is 20.4 Å². The number of ether oxygens (including phenoxy) is 2. The first-order valence-corrected chi connectivity index (χ1v) is 11.6. The van der Waals surface area contributed by atoms with Crippen molar-refractivity contribution in [2.75, 3.05) is 56.2 Å². The molecule has 0 aliphatic carbocycles. The molecule has 10 heteroatoms. The summed E-state index contributed by atoms with van der Waals surface area (Å²) in [5.74, 6) is 0.919. The lowest BCUT2D eigenvalue weighted by atomic mass is 10.1. The molecule has 2 aromatic heterocycles. The van der Waals surface area contributed by atoms with Gasteiger partial charge in [-0.1, -0.05) is 0 Å². The van der Waals surface area contributed by atoms with Crippen LogP contribution < -0.4 is 19.9 Å². The normalized spacial score (nSPS) is 13.8. The summed E-state index contributed by atoms with van der Waals surface area (Å²) in [7, 11) is 1.66. The van der Waals surface area contributed by atoms with Crippen LogP contribution in [-0.2, 0) is 9.53 Å². The minimum atomic E-state index is -0.458. The summed E-state index contributed by atoms with van der Waals surface area (Å²) < 4.78 is 10.1. The lowest BCUT2D eigenvalue weighted by Gasteiger charge is -2.37. The number of methoxy groups -OCH3 is 1. The number of piperazine rings is 1. The Hall–Kier alpha value is -3.40. The number of fused-ring (bicyclic) bond motifs is 1. The van der Waals surface area contributed by atoms with E-state index in [0.717, 1.165) is 59.2 Å². The maximum Gasteiger partial charge on any atom is 0.325 e. The Morgan fingerprint density at radius 1 is 1.09 bits per heavy atom. The highest BCUT2D eigenvalue weighted by Crippen LogP contribution is 2.35. The Morgan fingerprint density at radius 3 is 2.45 bits per heavy atom. The van der Waals surface area contributed by atoms with E-state index in [1.165, 1.54) is 11.3 Å². The maximum atomic E-state index is 12.7. The van der Waals surface area contributed by atoms with Crippen LogP contribution in [0.4, 0.5) is 11.5 Å². The molecule has 1 amide bonds. The van der Waals surface area contributed by atoms with Gasteiger partial charge in [0.2, 0.25) is 0 Å². The van der Waals surface area contributed by atoms with Gasteiger partial charge >= 0.3 is 5.97 Å². The molecule has 9 nitrogen and oxygen atoms in total. The standard InChI is InChI=1S/C23H27N5O4S/c1-4-32-18(29)13-24-22(30)20-15(2)19-21(25-14-26-23(19)33-20)28-11-9-27(10-12-28)16-5-7-17(31-3)8-6-16/h5-8,14H,4,9-13H2,1-3H3,(H,24,30).